The van der Waals surface area contributed by atoms with Gasteiger partial charge in [-0.1, -0.05) is 44.2 Å². The molecular formula is C28H39ClF2N2O2. The SMILES string of the molecule is CCN1CC=C(c2ccc(F)cc2)C(CO)C1.CCN1CC[C@H](c2ccc(F)cc2)[C@H](CO)C1.Cl. The molecule has 2 aliphatic heterocycles. The number of hydrogen-bond acceptors (Lipinski definition) is 4. The molecule has 2 aromatic carbocycles. The van der Waals surface area contributed by atoms with E-state index in [9.17, 15) is 19.0 Å². The fourth-order valence-electron chi connectivity index (χ4n) is 5.02. The Balaban J connectivity index is 0.000000240. The van der Waals surface area contributed by atoms with E-state index in [0.29, 0.717) is 5.92 Å². The third-order valence-corrected chi connectivity index (χ3v) is 7.13. The number of piperidine rings is 1. The Kier molecular flexibility index (Phi) is 12.3. The lowest BCUT2D eigenvalue weighted by Crippen LogP contribution is -2.40. The van der Waals surface area contributed by atoms with Crippen LogP contribution in [0.15, 0.2) is 54.6 Å². The van der Waals surface area contributed by atoms with Gasteiger partial charge in [-0.05, 0) is 72.9 Å². The zero-order valence-corrected chi connectivity index (χ0v) is 21.6. The molecule has 0 spiro atoms. The number of nitrogens with zero attached hydrogens (tertiary/aromatic N) is 2. The van der Waals surface area contributed by atoms with E-state index in [1.807, 2.05) is 12.1 Å². The summed E-state index contributed by atoms with van der Waals surface area (Å²) in [6, 6.07) is 13.2. The van der Waals surface area contributed by atoms with Crippen molar-refractivity contribution < 1.29 is 19.0 Å². The van der Waals surface area contributed by atoms with Gasteiger partial charge in [0.2, 0.25) is 0 Å². The average molecular weight is 509 g/mol. The van der Waals surface area contributed by atoms with Crippen molar-refractivity contribution in [3.8, 4) is 0 Å². The molecule has 4 rings (SSSR count). The molecular weight excluding hydrogens is 470 g/mol. The summed E-state index contributed by atoms with van der Waals surface area (Å²) in [6.45, 7) is 10.4. The summed E-state index contributed by atoms with van der Waals surface area (Å²) >= 11 is 0. The number of rotatable bonds is 6. The van der Waals surface area contributed by atoms with Gasteiger partial charge in [-0.15, -0.1) is 12.4 Å². The van der Waals surface area contributed by atoms with Crippen LogP contribution in [0.3, 0.4) is 0 Å². The fourth-order valence-corrected chi connectivity index (χ4v) is 5.02. The van der Waals surface area contributed by atoms with E-state index < -0.39 is 0 Å². The van der Waals surface area contributed by atoms with E-state index in [1.54, 1.807) is 12.1 Å². The molecule has 35 heavy (non-hydrogen) atoms. The minimum absolute atomic E-state index is 0. The molecule has 0 saturated carbocycles. The predicted molar refractivity (Wildman–Crippen MR) is 141 cm³/mol. The monoisotopic (exact) mass is 508 g/mol. The van der Waals surface area contributed by atoms with Crippen LogP contribution in [0.5, 0.6) is 0 Å². The number of likely N-dealkylation sites (tertiary alicyclic amines) is 1. The highest BCUT2D eigenvalue weighted by Crippen LogP contribution is 2.32. The van der Waals surface area contributed by atoms with E-state index in [-0.39, 0.29) is 49.1 Å². The molecule has 2 heterocycles. The van der Waals surface area contributed by atoms with Gasteiger partial charge in [0.1, 0.15) is 11.6 Å². The molecule has 194 valence electrons. The first-order valence-electron chi connectivity index (χ1n) is 12.4. The van der Waals surface area contributed by atoms with Gasteiger partial charge in [0.05, 0.1) is 6.61 Å². The highest BCUT2D eigenvalue weighted by Gasteiger charge is 2.29. The third-order valence-electron chi connectivity index (χ3n) is 7.13. The lowest BCUT2D eigenvalue weighted by molar-refractivity contribution is 0.105. The molecule has 2 N–H and O–H groups in total. The average Bonchev–Trinajstić information content (AvgIpc) is 2.89. The van der Waals surface area contributed by atoms with E-state index in [0.717, 1.165) is 62.4 Å². The molecule has 0 bridgehead atoms. The molecule has 0 aliphatic carbocycles. The van der Waals surface area contributed by atoms with Crippen LogP contribution in [0.1, 0.15) is 37.3 Å². The largest absolute Gasteiger partial charge is 0.396 e. The Morgan fingerprint density at radius 2 is 1.43 bits per heavy atom. The van der Waals surface area contributed by atoms with Gasteiger partial charge in [0.15, 0.2) is 0 Å². The summed E-state index contributed by atoms with van der Waals surface area (Å²) < 4.78 is 25.8. The molecule has 0 radical (unpaired) electrons. The van der Waals surface area contributed by atoms with Gasteiger partial charge in [-0.25, -0.2) is 8.78 Å². The van der Waals surface area contributed by atoms with Gasteiger partial charge in [0.25, 0.3) is 0 Å². The quantitative estimate of drug-likeness (QED) is 0.587. The summed E-state index contributed by atoms with van der Waals surface area (Å²) in [5.41, 5.74) is 3.31. The molecule has 1 unspecified atom stereocenters. The molecule has 0 aromatic heterocycles. The van der Waals surface area contributed by atoms with Crippen molar-refractivity contribution in [2.75, 3.05) is 52.5 Å². The Morgan fingerprint density at radius 3 is 1.97 bits per heavy atom. The first kappa shape index (κ1) is 29.4. The van der Waals surface area contributed by atoms with Gasteiger partial charge in [0, 0.05) is 38.1 Å². The van der Waals surface area contributed by atoms with Crippen molar-refractivity contribution in [2.45, 2.75) is 26.2 Å². The summed E-state index contributed by atoms with van der Waals surface area (Å²) in [7, 11) is 0. The number of benzene rings is 2. The van der Waals surface area contributed by atoms with Crippen molar-refractivity contribution in [3.05, 3.63) is 77.4 Å². The molecule has 0 amide bonds. The molecule has 2 aliphatic rings. The Labute approximate surface area is 214 Å². The minimum Gasteiger partial charge on any atom is -0.396 e. The summed E-state index contributed by atoms with van der Waals surface area (Å²) in [5.74, 6) is 0.355. The standard InChI is InChI=1S/C14H20FNO.C14H18FNO.ClH/c2*1-2-16-8-7-14(12(9-16)10-17)11-3-5-13(15)6-4-11;/h3-6,12,14,17H,2,7-10H2,1H3;3-7,12,17H,2,8-10H2,1H3;1H/t12-,14+;;/m0../s1. The van der Waals surface area contributed by atoms with E-state index in [2.05, 4.69) is 29.7 Å². The maximum atomic E-state index is 12.9. The maximum Gasteiger partial charge on any atom is 0.123 e. The Hall–Kier alpha value is -1.83. The Morgan fingerprint density at radius 1 is 0.829 bits per heavy atom. The van der Waals surface area contributed by atoms with Crippen molar-refractivity contribution in [3.63, 3.8) is 0 Å². The second kappa shape index (κ2) is 14.7. The van der Waals surface area contributed by atoms with Gasteiger partial charge in [-0.3, -0.25) is 4.90 Å². The molecule has 3 atom stereocenters. The van der Waals surface area contributed by atoms with Crippen molar-refractivity contribution >= 4 is 18.0 Å². The van der Waals surface area contributed by atoms with Crippen molar-refractivity contribution in [1.29, 1.82) is 0 Å². The fraction of sp³-hybridized carbons (Fsp3) is 0.500. The molecule has 2 aromatic rings. The molecule has 7 heteroatoms. The van der Waals surface area contributed by atoms with Crippen LogP contribution in [0.4, 0.5) is 8.78 Å². The van der Waals surface area contributed by atoms with Crippen LogP contribution in [0.2, 0.25) is 0 Å². The van der Waals surface area contributed by atoms with Crippen molar-refractivity contribution in [2.24, 2.45) is 11.8 Å². The van der Waals surface area contributed by atoms with Gasteiger partial charge < -0.3 is 15.1 Å². The highest BCUT2D eigenvalue weighted by molar-refractivity contribution is 5.85. The number of likely N-dealkylation sites (N-methyl/N-ethyl adjacent to an activating group) is 1. The second-order valence-electron chi connectivity index (χ2n) is 9.18. The molecule has 4 nitrogen and oxygen atoms in total. The number of aliphatic hydroxyl groups excluding tert-OH is 2. The van der Waals surface area contributed by atoms with Crippen LogP contribution in [0.25, 0.3) is 5.57 Å². The zero-order chi connectivity index (χ0) is 24.5. The first-order valence-corrected chi connectivity index (χ1v) is 12.4. The lowest BCUT2D eigenvalue weighted by atomic mass is 9.81. The van der Waals surface area contributed by atoms with E-state index >= 15 is 0 Å². The van der Waals surface area contributed by atoms with Crippen LogP contribution in [0, 0.1) is 23.5 Å². The summed E-state index contributed by atoms with van der Waals surface area (Å²) in [4.78, 5) is 4.65. The minimum atomic E-state index is -0.221. The van der Waals surface area contributed by atoms with E-state index in [4.69, 9.17) is 0 Å². The zero-order valence-electron chi connectivity index (χ0n) is 20.7. The van der Waals surface area contributed by atoms with Crippen LogP contribution >= 0.6 is 12.4 Å². The van der Waals surface area contributed by atoms with Crippen molar-refractivity contribution in [1.82, 2.24) is 9.80 Å². The van der Waals surface area contributed by atoms with Crippen LogP contribution < -0.4 is 0 Å². The summed E-state index contributed by atoms with van der Waals surface area (Å²) in [5, 5.41) is 18.9. The topological polar surface area (TPSA) is 46.9 Å². The number of aliphatic hydroxyl groups is 2. The number of halogens is 3. The lowest BCUT2D eigenvalue weighted by Gasteiger charge is -2.37. The second-order valence-corrected chi connectivity index (χ2v) is 9.18. The third kappa shape index (κ3) is 8.09. The molecule has 1 saturated heterocycles. The number of hydrogen-bond donors (Lipinski definition) is 2. The van der Waals surface area contributed by atoms with Crippen LogP contribution in [-0.4, -0.2) is 72.5 Å². The van der Waals surface area contributed by atoms with Gasteiger partial charge in [-0.2, -0.15) is 0 Å². The first-order chi connectivity index (χ1) is 16.5. The normalized spacial score (nSPS) is 23.0. The maximum absolute atomic E-state index is 12.9. The highest BCUT2D eigenvalue weighted by atomic mass is 35.5. The predicted octanol–water partition coefficient (Wildman–Crippen LogP) is 4.82. The smallest absolute Gasteiger partial charge is 0.123 e. The van der Waals surface area contributed by atoms with Gasteiger partial charge >= 0.3 is 0 Å². The van der Waals surface area contributed by atoms with Crippen LogP contribution in [-0.2, 0) is 0 Å². The Bertz CT molecular complexity index is 908. The van der Waals surface area contributed by atoms with E-state index in [1.165, 1.54) is 24.3 Å². The molecule has 1 fully saturated rings. The summed E-state index contributed by atoms with van der Waals surface area (Å²) in [6.07, 6.45) is 3.19.